The fourth-order valence-corrected chi connectivity index (χ4v) is 2.09. The molecule has 2 amide bonds. The van der Waals surface area contributed by atoms with E-state index in [9.17, 15) is 9.59 Å². The van der Waals surface area contributed by atoms with Crippen molar-refractivity contribution in [2.24, 2.45) is 5.92 Å². The molecule has 2 N–H and O–H groups in total. The predicted octanol–water partition coefficient (Wildman–Crippen LogP) is 0.836. The van der Waals surface area contributed by atoms with Crippen LogP contribution >= 0.6 is 0 Å². The van der Waals surface area contributed by atoms with E-state index in [0.29, 0.717) is 18.8 Å². The second-order valence-corrected chi connectivity index (χ2v) is 5.85. The lowest BCUT2D eigenvalue weighted by molar-refractivity contribution is -0.122. The number of amides is 2. The summed E-state index contributed by atoms with van der Waals surface area (Å²) in [7, 11) is 0. The Labute approximate surface area is 139 Å². The molecule has 0 aromatic carbocycles. The highest BCUT2D eigenvalue weighted by Crippen LogP contribution is 2.12. The van der Waals surface area contributed by atoms with Crippen LogP contribution < -0.4 is 10.6 Å². The van der Waals surface area contributed by atoms with E-state index in [4.69, 9.17) is 4.52 Å². The van der Waals surface area contributed by atoms with E-state index in [1.807, 2.05) is 13.8 Å². The monoisotopic (exact) mass is 334 g/mol. The van der Waals surface area contributed by atoms with Gasteiger partial charge in [0.15, 0.2) is 5.82 Å². The van der Waals surface area contributed by atoms with Crippen LogP contribution in [0.5, 0.6) is 0 Å². The largest absolute Gasteiger partial charge is 0.361 e. The van der Waals surface area contributed by atoms with E-state index < -0.39 is 0 Å². The van der Waals surface area contributed by atoms with Crippen LogP contribution in [-0.4, -0.2) is 38.5 Å². The Bertz CT molecular complexity index is 699. The normalized spacial score (nSPS) is 10.9. The first-order valence-electron chi connectivity index (χ1n) is 7.76. The highest BCUT2D eigenvalue weighted by atomic mass is 16.5. The maximum absolute atomic E-state index is 11.9. The zero-order valence-corrected chi connectivity index (χ0v) is 14.3. The Hall–Kier alpha value is -2.71. The molecule has 2 aromatic heterocycles. The highest BCUT2D eigenvalue weighted by molar-refractivity contribution is 5.90. The van der Waals surface area contributed by atoms with Gasteiger partial charge >= 0.3 is 0 Å². The van der Waals surface area contributed by atoms with Crippen LogP contribution in [0.15, 0.2) is 10.7 Å². The third-order valence-electron chi connectivity index (χ3n) is 3.50. The van der Waals surface area contributed by atoms with Gasteiger partial charge in [-0.3, -0.25) is 9.59 Å². The smallest absolute Gasteiger partial charge is 0.241 e. The van der Waals surface area contributed by atoms with Gasteiger partial charge < -0.3 is 15.2 Å². The van der Waals surface area contributed by atoms with E-state index in [1.165, 1.54) is 10.9 Å². The Kier molecular flexibility index (Phi) is 5.67. The topological polar surface area (TPSA) is 115 Å². The summed E-state index contributed by atoms with van der Waals surface area (Å²) in [4.78, 5) is 23.5. The molecule has 24 heavy (non-hydrogen) atoms. The van der Waals surface area contributed by atoms with Crippen LogP contribution in [0.3, 0.4) is 0 Å². The fraction of sp³-hybridized carbons (Fsp3) is 0.533. The summed E-state index contributed by atoms with van der Waals surface area (Å²) in [5, 5.41) is 16.9. The number of aromatic nitrogens is 4. The van der Waals surface area contributed by atoms with E-state index in [2.05, 4.69) is 26.1 Å². The van der Waals surface area contributed by atoms with Crippen molar-refractivity contribution in [3.8, 4) is 0 Å². The Balaban J connectivity index is 1.78. The molecular weight excluding hydrogens is 312 g/mol. The van der Waals surface area contributed by atoms with Crippen LogP contribution in [-0.2, 0) is 22.6 Å². The molecule has 0 bridgehead atoms. The number of nitrogens with one attached hydrogen (secondary N) is 2. The molecule has 0 spiro atoms. The van der Waals surface area contributed by atoms with Gasteiger partial charge in [0.1, 0.15) is 12.3 Å². The van der Waals surface area contributed by atoms with Crippen LogP contribution in [0.25, 0.3) is 0 Å². The first-order valence-corrected chi connectivity index (χ1v) is 7.76. The lowest BCUT2D eigenvalue weighted by Gasteiger charge is -2.05. The van der Waals surface area contributed by atoms with Crippen molar-refractivity contribution in [2.45, 2.75) is 40.7 Å². The zero-order valence-electron chi connectivity index (χ0n) is 14.3. The first-order chi connectivity index (χ1) is 11.4. The summed E-state index contributed by atoms with van der Waals surface area (Å²) in [6, 6.07) is 0. The summed E-state index contributed by atoms with van der Waals surface area (Å²) in [5.74, 6) is 0.614. The van der Waals surface area contributed by atoms with Gasteiger partial charge in [-0.25, -0.2) is 4.68 Å². The average Bonchev–Trinajstić information content (AvgIpc) is 3.07. The molecule has 2 rings (SSSR count). The van der Waals surface area contributed by atoms with Crippen molar-refractivity contribution in [1.29, 1.82) is 0 Å². The number of rotatable bonds is 7. The van der Waals surface area contributed by atoms with Crippen LogP contribution in [0.1, 0.15) is 30.9 Å². The molecule has 0 aliphatic heterocycles. The van der Waals surface area contributed by atoms with E-state index in [-0.39, 0.29) is 24.3 Å². The van der Waals surface area contributed by atoms with Crippen LogP contribution in [0.2, 0.25) is 0 Å². The van der Waals surface area contributed by atoms with E-state index in [1.54, 1.807) is 13.8 Å². The maximum Gasteiger partial charge on any atom is 0.241 e. The number of hydrogen-bond acceptors (Lipinski definition) is 6. The van der Waals surface area contributed by atoms with Gasteiger partial charge in [-0.05, 0) is 20.3 Å². The Morgan fingerprint density at radius 2 is 2.08 bits per heavy atom. The molecule has 0 aliphatic carbocycles. The van der Waals surface area contributed by atoms with Gasteiger partial charge in [-0.2, -0.15) is 0 Å². The molecular formula is C15H22N6O3. The van der Waals surface area contributed by atoms with Crippen LogP contribution in [0.4, 0.5) is 5.82 Å². The number of carbonyl (C=O) groups excluding carboxylic acids is 2. The van der Waals surface area contributed by atoms with Gasteiger partial charge in [-0.15, -0.1) is 5.10 Å². The second kappa shape index (κ2) is 7.71. The zero-order chi connectivity index (χ0) is 17.7. The van der Waals surface area contributed by atoms with Crippen molar-refractivity contribution in [1.82, 2.24) is 25.5 Å². The minimum Gasteiger partial charge on any atom is -0.361 e. The van der Waals surface area contributed by atoms with Crippen molar-refractivity contribution < 1.29 is 14.1 Å². The maximum atomic E-state index is 11.9. The predicted molar refractivity (Wildman–Crippen MR) is 86.2 cm³/mol. The molecule has 130 valence electrons. The number of hydrogen-bond donors (Lipinski definition) is 2. The third kappa shape index (κ3) is 4.64. The molecule has 0 aliphatic rings. The minimum absolute atomic E-state index is 0.0339. The summed E-state index contributed by atoms with van der Waals surface area (Å²) >= 11 is 0. The van der Waals surface area contributed by atoms with Gasteiger partial charge in [-0.1, -0.05) is 24.2 Å². The molecule has 9 heteroatoms. The van der Waals surface area contributed by atoms with Gasteiger partial charge in [0.05, 0.1) is 11.9 Å². The molecule has 0 saturated heterocycles. The standard InChI is InChI=1S/C15H22N6O3/c1-9(2)15(23)17-13-7-21(20-18-13)8-14(22)16-6-5-12-10(3)19-24-11(12)4/h7,9H,5-6,8H2,1-4H3,(H,16,22)(H,17,23). The van der Waals surface area contributed by atoms with Crippen LogP contribution in [0, 0.1) is 19.8 Å². The molecule has 0 radical (unpaired) electrons. The minimum atomic E-state index is -0.187. The first kappa shape index (κ1) is 17.6. The summed E-state index contributed by atoms with van der Waals surface area (Å²) < 4.78 is 6.46. The summed E-state index contributed by atoms with van der Waals surface area (Å²) in [6.07, 6.45) is 2.17. The van der Waals surface area contributed by atoms with Gasteiger partial charge in [0, 0.05) is 18.0 Å². The van der Waals surface area contributed by atoms with E-state index >= 15 is 0 Å². The van der Waals surface area contributed by atoms with Crippen molar-refractivity contribution in [3.63, 3.8) is 0 Å². The summed E-state index contributed by atoms with van der Waals surface area (Å²) in [6.45, 7) is 7.80. The number of nitrogens with zero attached hydrogens (tertiary/aromatic N) is 4. The third-order valence-corrected chi connectivity index (χ3v) is 3.50. The van der Waals surface area contributed by atoms with Crippen molar-refractivity contribution in [3.05, 3.63) is 23.2 Å². The van der Waals surface area contributed by atoms with Crippen molar-refractivity contribution >= 4 is 17.6 Å². The highest BCUT2D eigenvalue weighted by Gasteiger charge is 2.12. The molecule has 2 aromatic rings. The fourth-order valence-electron chi connectivity index (χ4n) is 2.09. The molecule has 0 saturated carbocycles. The van der Waals surface area contributed by atoms with Crippen molar-refractivity contribution in [2.75, 3.05) is 11.9 Å². The number of anilines is 1. The SMILES string of the molecule is Cc1noc(C)c1CCNC(=O)Cn1cc(NC(=O)C(C)C)nn1. The number of carbonyl (C=O) groups is 2. The Morgan fingerprint density at radius 1 is 1.33 bits per heavy atom. The van der Waals surface area contributed by atoms with E-state index in [0.717, 1.165) is 17.0 Å². The Morgan fingerprint density at radius 3 is 2.71 bits per heavy atom. The molecule has 9 nitrogen and oxygen atoms in total. The quantitative estimate of drug-likeness (QED) is 0.775. The van der Waals surface area contributed by atoms with Gasteiger partial charge in [0.2, 0.25) is 11.8 Å². The molecule has 0 unspecified atom stereocenters. The number of aryl methyl sites for hydroxylation is 2. The lowest BCUT2D eigenvalue weighted by atomic mass is 10.1. The molecule has 0 fully saturated rings. The molecule has 0 atom stereocenters. The second-order valence-electron chi connectivity index (χ2n) is 5.85. The average molecular weight is 334 g/mol. The lowest BCUT2D eigenvalue weighted by Crippen LogP contribution is -2.29. The molecule has 2 heterocycles. The summed E-state index contributed by atoms with van der Waals surface area (Å²) in [5.41, 5.74) is 1.85. The van der Waals surface area contributed by atoms with Gasteiger partial charge in [0.25, 0.3) is 0 Å².